The van der Waals surface area contributed by atoms with Crippen LogP contribution in [0.3, 0.4) is 0 Å². The number of fused-ring (bicyclic) bond motifs is 9. The summed E-state index contributed by atoms with van der Waals surface area (Å²) in [7, 11) is 0. The zero-order valence-electron chi connectivity index (χ0n) is 30.4. The van der Waals surface area contributed by atoms with E-state index < -0.39 is 0 Å². The number of nitrogens with zero attached hydrogens (tertiary/aromatic N) is 4. The van der Waals surface area contributed by atoms with Crippen LogP contribution < -0.4 is 0 Å². The van der Waals surface area contributed by atoms with Crippen LogP contribution in [0.4, 0.5) is 0 Å². The highest BCUT2D eigenvalue weighted by molar-refractivity contribution is 7.27. The third-order valence-corrected chi connectivity index (χ3v) is 13.4. The molecule has 12 rings (SSSR count). The van der Waals surface area contributed by atoms with Crippen molar-refractivity contribution in [2.45, 2.75) is 0 Å². The van der Waals surface area contributed by atoms with Crippen LogP contribution in [0.15, 0.2) is 182 Å². The molecule has 0 aliphatic heterocycles. The number of aromatic nitrogens is 4. The lowest BCUT2D eigenvalue weighted by Gasteiger charge is -2.09. The SMILES string of the molecule is c1ccc(-c2nc(-c3ccccc3)nc(-c3ccc4c(c3)sc3cccc(-c5cccc6c5sc5cc(-n7c8ccccc8c8ccccc87)ccc56)c34)n2)cc1. The van der Waals surface area contributed by atoms with Gasteiger partial charge in [0.05, 0.1) is 11.0 Å². The molecule has 0 radical (unpaired) electrons. The topological polar surface area (TPSA) is 43.6 Å². The Morgan fingerprint density at radius 3 is 1.61 bits per heavy atom. The Morgan fingerprint density at radius 2 is 0.912 bits per heavy atom. The Morgan fingerprint density at radius 1 is 0.351 bits per heavy atom. The Bertz CT molecular complexity index is 3410. The van der Waals surface area contributed by atoms with Crippen molar-refractivity contribution < 1.29 is 0 Å². The second-order valence-corrected chi connectivity index (χ2v) is 16.5. The molecular formula is C51H30N4S2. The Labute approximate surface area is 335 Å². The van der Waals surface area contributed by atoms with Gasteiger partial charge in [-0.25, -0.2) is 15.0 Å². The molecule has 0 aliphatic rings. The fourth-order valence-electron chi connectivity index (χ4n) is 8.47. The van der Waals surface area contributed by atoms with Gasteiger partial charge in [0.1, 0.15) is 0 Å². The van der Waals surface area contributed by atoms with Crippen LogP contribution in [0, 0.1) is 0 Å². The minimum atomic E-state index is 0.664. The molecule has 4 aromatic heterocycles. The molecule has 0 amide bonds. The van der Waals surface area contributed by atoms with Gasteiger partial charge in [0.2, 0.25) is 0 Å². The van der Waals surface area contributed by atoms with Gasteiger partial charge >= 0.3 is 0 Å². The summed E-state index contributed by atoms with van der Waals surface area (Å²) in [4.78, 5) is 14.9. The second kappa shape index (κ2) is 12.8. The van der Waals surface area contributed by atoms with Crippen LogP contribution in [0.25, 0.3) is 113 Å². The average molecular weight is 763 g/mol. The van der Waals surface area contributed by atoms with E-state index in [2.05, 4.69) is 126 Å². The quantitative estimate of drug-likeness (QED) is 0.175. The fraction of sp³-hybridized carbons (Fsp3) is 0. The molecule has 0 spiro atoms. The van der Waals surface area contributed by atoms with Crippen LogP contribution >= 0.6 is 22.7 Å². The van der Waals surface area contributed by atoms with E-state index in [1.807, 2.05) is 83.3 Å². The second-order valence-electron chi connectivity index (χ2n) is 14.4. The lowest BCUT2D eigenvalue weighted by atomic mass is 9.97. The molecule has 0 fully saturated rings. The van der Waals surface area contributed by atoms with E-state index in [1.54, 1.807) is 0 Å². The largest absolute Gasteiger partial charge is 0.309 e. The minimum Gasteiger partial charge on any atom is -0.309 e. The van der Waals surface area contributed by atoms with Crippen LogP contribution in [0.1, 0.15) is 0 Å². The summed E-state index contributed by atoms with van der Waals surface area (Å²) in [6.07, 6.45) is 0. The summed E-state index contributed by atoms with van der Waals surface area (Å²) >= 11 is 3.71. The molecule has 12 aromatic rings. The molecule has 266 valence electrons. The standard InChI is InChI=1S/C51H30N4S2/c1-3-13-31(14-4-1)49-52-50(32-15-5-2-6-16-32)54-51(53-49)33-25-27-41-45(29-33)56-44-24-12-19-38(47(41)44)40-21-11-20-39-37-28-26-34(30-46(37)57-48(39)40)55-42-22-9-7-17-35(42)36-18-8-10-23-43(36)55/h1-30H. The van der Waals surface area contributed by atoms with E-state index in [9.17, 15) is 0 Å². The first-order valence-corrected chi connectivity index (χ1v) is 20.7. The summed E-state index contributed by atoms with van der Waals surface area (Å²) < 4.78 is 7.46. The molecule has 0 unspecified atom stereocenters. The van der Waals surface area contributed by atoms with Gasteiger partial charge in [0.25, 0.3) is 0 Å². The van der Waals surface area contributed by atoms with Gasteiger partial charge in [-0.2, -0.15) is 0 Å². The van der Waals surface area contributed by atoms with Crippen molar-refractivity contribution in [1.82, 2.24) is 19.5 Å². The van der Waals surface area contributed by atoms with Crippen molar-refractivity contribution in [2.24, 2.45) is 0 Å². The maximum absolute atomic E-state index is 5.01. The third kappa shape index (κ3) is 5.15. The molecule has 8 aromatic carbocycles. The highest BCUT2D eigenvalue weighted by Gasteiger charge is 2.19. The van der Waals surface area contributed by atoms with Gasteiger partial charge in [-0.3, -0.25) is 0 Å². The first kappa shape index (κ1) is 32.3. The van der Waals surface area contributed by atoms with Crippen LogP contribution in [0.5, 0.6) is 0 Å². The van der Waals surface area contributed by atoms with Crippen molar-refractivity contribution in [1.29, 1.82) is 0 Å². The van der Waals surface area contributed by atoms with Crippen molar-refractivity contribution in [3.05, 3.63) is 182 Å². The number of rotatable bonds is 5. The minimum absolute atomic E-state index is 0.664. The van der Waals surface area contributed by atoms with E-state index in [0.29, 0.717) is 17.5 Å². The maximum atomic E-state index is 5.01. The summed E-state index contributed by atoms with van der Waals surface area (Å²) in [5, 5.41) is 7.65. The molecule has 0 N–H and O–H groups in total. The lowest BCUT2D eigenvalue weighted by Crippen LogP contribution is -1.99. The highest BCUT2D eigenvalue weighted by Crippen LogP contribution is 2.46. The predicted octanol–water partition coefficient (Wildman–Crippen LogP) is 14.4. The molecule has 0 saturated heterocycles. The predicted molar refractivity (Wildman–Crippen MR) is 242 cm³/mol. The summed E-state index contributed by atoms with van der Waals surface area (Å²) in [6, 6.07) is 64.9. The molecule has 0 atom stereocenters. The van der Waals surface area contributed by atoms with Gasteiger partial charge in [0, 0.05) is 79.1 Å². The lowest BCUT2D eigenvalue weighted by molar-refractivity contribution is 1.07. The summed E-state index contributed by atoms with van der Waals surface area (Å²) in [5.41, 5.74) is 9.04. The third-order valence-electron chi connectivity index (χ3n) is 11.1. The first-order valence-electron chi connectivity index (χ1n) is 19.0. The van der Waals surface area contributed by atoms with Gasteiger partial charge in [-0.05, 0) is 42.0 Å². The van der Waals surface area contributed by atoms with Gasteiger partial charge in [0.15, 0.2) is 17.5 Å². The molecule has 4 heterocycles. The highest BCUT2D eigenvalue weighted by atomic mass is 32.1. The Kier molecular flexibility index (Phi) is 7.24. The van der Waals surface area contributed by atoms with E-state index in [4.69, 9.17) is 15.0 Å². The molecule has 0 saturated carbocycles. The molecule has 4 nitrogen and oxygen atoms in total. The number of thiophene rings is 2. The number of hydrogen-bond donors (Lipinski definition) is 0. The normalized spacial score (nSPS) is 11.9. The Hall–Kier alpha value is -6.99. The molecule has 0 bridgehead atoms. The number of hydrogen-bond acceptors (Lipinski definition) is 5. The zero-order chi connectivity index (χ0) is 37.5. The van der Waals surface area contributed by atoms with Gasteiger partial charge < -0.3 is 4.57 Å². The van der Waals surface area contributed by atoms with Crippen LogP contribution in [-0.2, 0) is 0 Å². The maximum Gasteiger partial charge on any atom is 0.164 e. The number of benzene rings is 8. The van der Waals surface area contributed by atoms with Crippen molar-refractivity contribution in [3.8, 4) is 51.0 Å². The van der Waals surface area contributed by atoms with Crippen LogP contribution in [0.2, 0.25) is 0 Å². The van der Waals surface area contributed by atoms with Crippen molar-refractivity contribution >= 4 is 84.8 Å². The first-order chi connectivity index (χ1) is 28.2. The summed E-state index contributed by atoms with van der Waals surface area (Å²) in [5.74, 6) is 1.99. The average Bonchev–Trinajstić information content (AvgIpc) is 3.96. The van der Waals surface area contributed by atoms with Gasteiger partial charge in [-0.15, -0.1) is 22.7 Å². The molecule has 6 heteroatoms. The molecule has 0 aliphatic carbocycles. The number of para-hydroxylation sites is 2. The Balaban J connectivity index is 0.999. The zero-order valence-corrected chi connectivity index (χ0v) is 32.1. The monoisotopic (exact) mass is 762 g/mol. The fourth-order valence-corrected chi connectivity index (χ4v) is 10.9. The summed E-state index contributed by atoms with van der Waals surface area (Å²) in [6.45, 7) is 0. The smallest absolute Gasteiger partial charge is 0.164 e. The van der Waals surface area contributed by atoms with E-state index in [1.165, 1.54) is 79.0 Å². The van der Waals surface area contributed by atoms with E-state index in [0.717, 1.165) is 16.7 Å². The van der Waals surface area contributed by atoms with E-state index in [-0.39, 0.29) is 0 Å². The molecule has 57 heavy (non-hydrogen) atoms. The van der Waals surface area contributed by atoms with Crippen molar-refractivity contribution in [2.75, 3.05) is 0 Å². The van der Waals surface area contributed by atoms with Gasteiger partial charge in [-0.1, -0.05) is 146 Å². The van der Waals surface area contributed by atoms with E-state index >= 15 is 0 Å². The van der Waals surface area contributed by atoms with Crippen LogP contribution in [-0.4, -0.2) is 19.5 Å². The van der Waals surface area contributed by atoms with Crippen molar-refractivity contribution in [3.63, 3.8) is 0 Å². The molecular weight excluding hydrogens is 733 g/mol.